The molecule has 1 heterocycles. The Hall–Kier alpha value is -2.82. The van der Waals surface area contributed by atoms with Gasteiger partial charge in [-0.1, -0.05) is 51.8 Å². The molecule has 0 amide bonds. The molecule has 2 rings (SSSR count). The lowest BCUT2D eigenvalue weighted by atomic mass is 10.1. The number of alkyl halides is 1. The highest BCUT2D eigenvalue weighted by Gasteiger charge is 2.36. The van der Waals surface area contributed by atoms with Crippen molar-refractivity contribution in [1.29, 1.82) is 0 Å². The normalized spacial score (nSPS) is 14.5. The van der Waals surface area contributed by atoms with Gasteiger partial charge in [0.15, 0.2) is 11.6 Å². The van der Waals surface area contributed by atoms with Crippen LogP contribution in [0.15, 0.2) is 36.5 Å². The SMILES string of the molecule is CCCCCOC(=O)[C@@H](NP(=O)(CO[C@@H](CF)COc1ncc(F)c(N)n1)Oc1ccccc1)C(C)C. The van der Waals surface area contributed by atoms with Crippen molar-refractivity contribution in [2.75, 3.05) is 32.0 Å². The lowest BCUT2D eigenvalue weighted by Crippen LogP contribution is -2.42. The van der Waals surface area contributed by atoms with Gasteiger partial charge in [0.1, 0.15) is 37.5 Å². The predicted octanol–water partition coefficient (Wildman–Crippen LogP) is 4.51. The van der Waals surface area contributed by atoms with Crippen LogP contribution < -0.4 is 20.1 Å². The Balaban J connectivity index is 2.11. The van der Waals surface area contributed by atoms with E-state index in [1.807, 2.05) is 6.92 Å². The number of carbonyl (C=O) groups is 1. The number of unbranched alkanes of at least 4 members (excludes halogenated alkanes) is 2. The van der Waals surface area contributed by atoms with E-state index in [1.54, 1.807) is 44.2 Å². The predicted molar refractivity (Wildman–Crippen MR) is 135 cm³/mol. The minimum atomic E-state index is -3.92. The van der Waals surface area contributed by atoms with Crippen LogP contribution in [0.5, 0.6) is 11.8 Å². The highest BCUT2D eigenvalue weighted by Crippen LogP contribution is 2.44. The van der Waals surface area contributed by atoms with Crippen LogP contribution >= 0.6 is 7.52 Å². The number of nitrogens with one attached hydrogen (secondary N) is 1. The molecule has 1 unspecified atom stereocenters. The van der Waals surface area contributed by atoms with E-state index in [0.29, 0.717) is 0 Å². The second kappa shape index (κ2) is 15.4. The molecule has 0 aliphatic carbocycles. The van der Waals surface area contributed by atoms with E-state index in [4.69, 9.17) is 24.5 Å². The van der Waals surface area contributed by atoms with E-state index in [1.165, 1.54) is 0 Å². The molecular weight excluding hydrogens is 509 g/mol. The Morgan fingerprint density at radius 3 is 2.57 bits per heavy atom. The van der Waals surface area contributed by atoms with Crippen LogP contribution in [0.3, 0.4) is 0 Å². The van der Waals surface area contributed by atoms with Gasteiger partial charge in [0.05, 0.1) is 12.8 Å². The van der Waals surface area contributed by atoms with Crippen LogP contribution in [0.25, 0.3) is 0 Å². The summed E-state index contributed by atoms with van der Waals surface area (Å²) in [5.41, 5.74) is 5.38. The fourth-order valence-corrected chi connectivity index (χ4v) is 4.86. The highest BCUT2D eigenvalue weighted by molar-refractivity contribution is 7.57. The standard InChI is InChI=1S/C24H35F2N4O6P/c1-4-5-9-12-33-23(31)21(17(2)3)30-37(32,36-18-10-7-6-8-11-18)16-35-19(13-25)15-34-24-28-14-20(26)22(27)29-24/h6-8,10-11,14,17,19,21H,4-5,9,12-13,15-16H2,1-3H3,(H,30,32)(H2,27,28,29)/t19-,21-,37?/m0/s1. The fraction of sp³-hybridized carbons (Fsp3) is 0.542. The Morgan fingerprint density at radius 2 is 1.95 bits per heavy atom. The number of ether oxygens (including phenoxy) is 3. The number of anilines is 1. The van der Waals surface area contributed by atoms with Crippen molar-refractivity contribution in [3.63, 3.8) is 0 Å². The molecule has 13 heteroatoms. The van der Waals surface area contributed by atoms with Crippen molar-refractivity contribution in [3.8, 4) is 11.8 Å². The third-order valence-corrected chi connectivity index (χ3v) is 6.71. The van der Waals surface area contributed by atoms with E-state index in [-0.39, 0.29) is 30.9 Å². The van der Waals surface area contributed by atoms with Crippen LogP contribution in [0.1, 0.15) is 40.0 Å². The molecule has 0 bridgehead atoms. The molecule has 0 aliphatic rings. The largest absolute Gasteiger partial charge is 0.465 e. The molecule has 3 N–H and O–H groups in total. The number of hydrogen-bond donors (Lipinski definition) is 2. The summed E-state index contributed by atoms with van der Waals surface area (Å²) in [7, 11) is -3.92. The van der Waals surface area contributed by atoms with Gasteiger partial charge in [-0.3, -0.25) is 9.36 Å². The summed E-state index contributed by atoms with van der Waals surface area (Å²) in [5.74, 6) is -1.84. The van der Waals surface area contributed by atoms with Crippen LogP contribution in [0.4, 0.5) is 14.6 Å². The van der Waals surface area contributed by atoms with Crippen LogP contribution in [0.2, 0.25) is 0 Å². The van der Waals surface area contributed by atoms with Crippen molar-refractivity contribution in [2.24, 2.45) is 5.92 Å². The van der Waals surface area contributed by atoms with Crippen molar-refractivity contribution in [3.05, 3.63) is 42.3 Å². The zero-order chi connectivity index (χ0) is 27.3. The Bertz CT molecular complexity index is 1020. The Morgan fingerprint density at radius 1 is 1.22 bits per heavy atom. The van der Waals surface area contributed by atoms with Gasteiger partial charge in [0, 0.05) is 0 Å². The Kier molecular flexibility index (Phi) is 12.7. The van der Waals surface area contributed by atoms with E-state index in [2.05, 4.69) is 15.1 Å². The lowest BCUT2D eigenvalue weighted by molar-refractivity contribution is -0.147. The fourth-order valence-electron chi connectivity index (χ4n) is 2.98. The van der Waals surface area contributed by atoms with E-state index >= 15 is 0 Å². The zero-order valence-electron chi connectivity index (χ0n) is 21.3. The molecule has 0 radical (unpaired) electrons. The molecule has 206 valence electrons. The molecule has 0 spiro atoms. The average molecular weight is 545 g/mol. The number of halogens is 2. The van der Waals surface area contributed by atoms with E-state index < -0.39 is 50.3 Å². The molecule has 1 aromatic carbocycles. The topological polar surface area (TPSA) is 135 Å². The summed E-state index contributed by atoms with van der Waals surface area (Å²) in [6, 6.07) is 7.09. The maximum absolute atomic E-state index is 13.8. The van der Waals surface area contributed by atoms with Gasteiger partial charge in [0.2, 0.25) is 0 Å². The summed E-state index contributed by atoms with van der Waals surface area (Å²) in [6.45, 7) is 4.44. The third kappa shape index (κ3) is 10.6. The number of aromatic nitrogens is 2. The molecule has 0 saturated heterocycles. The molecule has 37 heavy (non-hydrogen) atoms. The number of para-hydroxylation sites is 1. The summed E-state index contributed by atoms with van der Waals surface area (Å²) in [5, 5.41) is 2.77. The first-order chi connectivity index (χ1) is 17.7. The number of nitrogen functional groups attached to an aromatic ring is 1. The summed E-state index contributed by atoms with van der Waals surface area (Å²) >= 11 is 0. The van der Waals surface area contributed by atoms with Gasteiger partial charge >= 0.3 is 19.5 Å². The second-order valence-electron chi connectivity index (χ2n) is 8.57. The molecule has 10 nitrogen and oxygen atoms in total. The summed E-state index contributed by atoms with van der Waals surface area (Å²) in [6.07, 6.45) is 1.65. The molecule has 0 fully saturated rings. The number of carbonyl (C=O) groups excluding carboxylic acids is 1. The number of hydrogen-bond acceptors (Lipinski definition) is 9. The molecule has 0 aliphatic heterocycles. The summed E-state index contributed by atoms with van der Waals surface area (Å²) < 4.78 is 62.6. The van der Waals surface area contributed by atoms with Gasteiger partial charge in [0.25, 0.3) is 0 Å². The first-order valence-corrected chi connectivity index (χ1v) is 13.8. The maximum atomic E-state index is 13.8. The van der Waals surface area contributed by atoms with Crippen LogP contribution in [-0.2, 0) is 18.8 Å². The smallest absolute Gasteiger partial charge is 0.342 e. The molecule has 2 aromatic rings. The van der Waals surface area contributed by atoms with Crippen LogP contribution in [0, 0.1) is 11.7 Å². The number of benzene rings is 1. The minimum Gasteiger partial charge on any atom is -0.465 e. The van der Waals surface area contributed by atoms with Gasteiger partial charge in [-0.25, -0.2) is 18.9 Å². The van der Waals surface area contributed by atoms with Crippen LogP contribution in [-0.4, -0.2) is 54.3 Å². The van der Waals surface area contributed by atoms with Crippen molar-refractivity contribution < 1.29 is 36.9 Å². The number of rotatable bonds is 17. The van der Waals surface area contributed by atoms with Gasteiger partial charge < -0.3 is 24.5 Å². The Labute approximate surface area is 215 Å². The maximum Gasteiger partial charge on any atom is 0.342 e. The summed E-state index contributed by atoms with van der Waals surface area (Å²) in [4.78, 5) is 20.0. The molecule has 0 saturated carbocycles. The van der Waals surface area contributed by atoms with Gasteiger partial charge in [-0.15, -0.1) is 0 Å². The highest BCUT2D eigenvalue weighted by atomic mass is 31.2. The first-order valence-electron chi connectivity index (χ1n) is 12.0. The van der Waals surface area contributed by atoms with Crippen molar-refractivity contribution in [2.45, 2.75) is 52.2 Å². The number of esters is 1. The monoisotopic (exact) mass is 544 g/mol. The van der Waals surface area contributed by atoms with Crippen molar-refractivity contribution in [1.82, 2.24) is 15.1 Å². The lowest BCUT2D eigenvalue weighted by Gasteiger charge is -2.28. The number of nitrogens with two attached hydrogens (primary N) is 1. The molecule has 3 atom stereocenters. The van der Waals surface area contributed by atoms with E-state index in [0.717, 1.165) is 25.5 Å². The number of nitrogens with zero attached hydrogens (tertiary/aromatic N) is 2. The molecular formula is C24H35F2N4O6P. The van der Waals surface area contributed by atoms with Crippen molar-refractivity contribution >= 4 is 19.3 Å². The third-order valence-electron chi connectivity index (χ3n) is 5.04. The van der Waals surface area contributed by atoms with Gasteiger partial charge in [-0.2, -0.15) is 4.98 Å². The minimum absolute atomic E-state index is 0.245. The second-order valence-corrected chi connectivity index (χ2v) is 10.6. The average Bonchev–Trinajstić information content (AvgIpc) is 2.87. The van der Waals surface area contributed by atoms with Gasteiger partial charge in [-0.05, 0) is 24.5 Å². The molecule has 1 aromatic heterocycles. The van der Waals surface area contributed by atoms with E-state index in [9.17, 15) is 18.1 Å². The quantitative estimate of drug-likeness (QED) is 0.166. The first kappa shape index (κ1) is 30.4. The zero-order valence-corrected chi connectivity index (χ0v) is 22.2.